The largest absolute Gasteiger partial charge is 0.381 e. The van der Waals surface area contributed by atoms with Crippen LogP contribution in [0.1, 0.15) is 18.4 Å². The minimum atomic E-state index is 0.106. The quantitative estimate of drug-likeness (QED) is 0.838. The first-order chi connectivity index (χ1) is 6.65. The zero-order valence-electron chi connectivity index (χ0n) is 8.57. The highest BCUT2D eigenvalue weighted by molar-refractivity contribution is 9.10. The fourth-order valence-corrected chi connectivity index (χ4v) is 2.17. The third-order valence-corrected chi connectivity index (χ3v) is 2.99. The predicted octanol–water partition coefficient (Wildman–Crippen LogP) is 2.43. The van der Waals surface area contributed by atoms with E-state index >= 15 is 0 Å². The van der Waals surface area contributed by atoms with Crippen molar-refractivity contribution >= 4 is 15.9 Å². The van der Waals surface area contributed by atoms with E-state index in [1.807, 2.05) is 30.1 Å². The van der Waals surface area contributed by atoms with Crippen molar-refractivity contribution in [2.75, 3.05) is 20.3 Å². The minimum Gasteiger partial charge on any atom is -0.381 e. The molecule has 0 saturated carbocycles. The first kappa shape index (κ1) is 11.7. The maximum atomic E-state index is 8.91. The molecule has 2 nitrogen and oxygen atoms in total. The van der Waals surface area contributed by atoms with Crippen LogP contribution < -0.4 is 0 Å². The van der Waals surface area contributed by atoms with E-state index in [2.05, 4.69) is 28.9 Å². The molecule has 1 N–H and O–H groups in total. The average molecular weight is 258 g/mol. The molecule has 0 aliphatic rings. The molecule has 1 aromatic rings. The van der Waals surface area contributed by atoms with Crippen molar-refractivity contribution in [1.29, 1.82) is 0 Å². The van der Waals surface area contributed by atoms with Gasteiger partial charge in [0.05, 0.1) is 6.73 Å². The van der Waals surface area contributed by atoms with Crippen molar-refractivity contribution < 1.29 is 5.11 Å². The molecule has 14 heavy (non-hydrogen) atoms. The Morgan fingerprint density at radius 1 is 1.43 bits per heavy atom. The van der Waals surface area contributed by atoms with Gasteiger partial charge in [0, 0.05) is 11.0 Å². The highest BCUT2D eigenvalue weighted by Crippen LogP contribution is 2.24. The Bertz CT molecular complexity index is 290. The number of hydrogen-bond acceptors (Lipinski definition) is 2. The van der Waals surface area contributed by atoms with Gasteiger partial charge in [0.25, 0.3) is 0 Å². The van der Waals surface area contributed by atoms with Gasteiger partial charge in [0.15, 0.2) is 0 Å². The summed E-state index contributed by atoms with van der Waals surface area (Å²) in [5, 5.41) is 8.91. The summed E-state index contributed by atoms with van der Waals surface area (Å²) in [5.74, 6) is 0.419. The second-order valence-electron chi connectivity index (χ2n) is 3.60. The number of aliphatic hydroxyl groups is 1. The van der Waals surface area contributed by atoms with Gasteiger partial charge in [-0.3, -0.25) is 4.90 Å². The van der Waals surface area contributed by atoms with Crippen LogP contribution in [-0.4, -0.2) is 30.3 Å². The van der Waals surface area contributed by atoms with Crippen LogP contribution in [0.5, 0.6) is 0 Å². The smallest absolute Gasteiger partial charge is 0.0954 e. The van der Waals surface area contributed by atoms with E-state index in [1.54, 1.807) is 0 Å². The van der Waals surface area contributed by atoms with E-state index < -0.39 is 0 Å². The summed E-state index contributed by atoms with van der Waals surface area (Å²) in [6.07, 6.45) is 0. The number of benzene rings is 1. The number of rotatable bonds is 4. The van der Waals surface area contributed by atoms with E-state index in [-0.39, 0.29) is 6.73 Å². The Balaban J connectivity index is 2.69. The summed E-state index contributed by atoms with van der Waals surface area (Å²) in [6, 6.07) is 8.20. The maximum absolute atomic E-state index is 8.91. The van der Waals surface area contributed by atoms with Crippen LogP contribution >= 0.6 is 15.9 Å². The van der Waals surface area contributed by atoms with Crippen molar-refractivity contribution in [3.63, 3.8) is 0 Å². The Labute approximate surface area is 93.7 Å². The molecular formula is C11H16BrNO. The van der Waals surface area contributed by atoms with Gasteiger partial charge >= 0.3 is 0 Å². The number of hydrogen-bond donors (Lipinski definition) is 1. The van der Waals surface area contributed by atoms with Gasteiger partial charge < -0.3 is 5.11 Å². The number of nitrogens with zero attached hydrogens (tertiary/aromatic N) is 1. The van der Waals surface area contributed by atoms with Crippen LogP contribution in [-0.2, 0) is 0 Å². The van der Waals surface area contributed by atoms with Gasteiger partial charge in [-0.25, -0.2) is 0 Å². The number of aliphatic hydroxyl groups excluding tert-OH is 1. The molecule has 1 aromatic carbocycles. The van der Waals surface area contributed by atoms with Gasteiger partial charge in [0.2, 0.25) is 0 Å². The lowest BCUT2D eigenvalue weighted by Gasteiger charge is -2.20. The Morgan fingerprint density at radius 2 is 2.07 bits per heavy atom. The topological polar surface area (TPSA) is 23.5 Å². The molecule has 0 saturated heterocycles. The Hall–Kier alpha value is -0.380. The fraction of sp³-hybridized carbons (Fsp3) is 0.455. The lowest BCUT2D eigenvalue weighted by atomic mass is 10.0. The molecule has 3 heteroatoms. The molecule has 1 atom stereocenters. The van der Waals surface area contributed by atoms with Gasteiger partial charge in [-0.15, -0.1) is 0 Å². The molecule has 0 amide bonds. The summed E-state index contributed by atoms with van der Waals surface area (Å²) in [6.45, 7) is 3.13. The molecule has 0 aliphatic heterocycles. The molecule has 1 rings (SSSR count). The SMILES string of the molecule is C[C@@H](CN(C)CO)c1ccccc1Br. The van der Waals surface area contributed by atoms with Crippen molar-refractivity contribution in [3.8, 4) is 0 Å². The summed E-state index contributed by atoms with van der Waals surface area (Å²) in [7, 11) is 1.91. The first-order valence-electron chi connectivity index (χ1n) is 4.69. The monoisotopic (exact) mass is 257 g/mol. The second-order valence-corrected chi connectivity index (χ2v) is 4.46. The van der Waals surface area contributed by atoms with Crippen LogP contribution in [0.15, 0.2) is 28.7 Å². The minimum absolute atomic E-state index is 0.106. The second kappa shape index (κ2) is 5.49. The summed E-state index contributed by atoms with van der Waals surface area (Å²) in [5.41, 5.74) is 1.28. The number of likely N-dealkylation sites (N-methyl/N-ethyl adjacent to an activating group) is 1. The van der Waals surface area contributed by atoms with E-state index in [1.165, 1.54) is 5.56 Å². The Morgan fingerprint density at radius 3 is 2.64 bits per heavy atom. The van der Waals surface area contributed by atoms with Crippen molar-refractivity contribution in [2.45, 2.75) is 12.8 Å². The van der Waals surface area contributed by atoms with Crippen molar-refractivity contribution in [3.05, 3.63) is 34.3 Å². The van der Waals surface area contributed by atoms with Crippen LogP contribution in [0.4, 0.5) is 0 Å². The molecule has 0 aliphatic carbocycles. The van der Waals surface area contributed by atoms with E-state index in [0.29, 0.717) is 5.92 Å². The van der Waals surface area contributed by atoms with Crippen molar-refractivity contribution in [2.24, 2.45) is 0 Å². The molecule has 0 heterocycles. The number of halogens is 1. The third-order valence-electron chi connectivity index (χ3n) is 2.26. The van der Waals surface area contributed by atoms with Gasteiger partial charge in [-0.05, 0) is 24.6 Å². The highest BCUT2D eigenvalue weighted by atomic mass is 79.9. The highest BCUT2D eigenvalue weighted by Gasteiger charge is 2.10. The maximum Gasteiger partial charge on any atom is 0.0954 e. The molecule has 0 fully saturated rings. The summed E-state index contributed by atoms with van der Waals surface area (Å²) >= 11 is 3.53. The zero-order chi connectivity index (χ0) is 10.6. The molecule has 0 bridgehead atoms. The third kappa shape index (κ3) is 3.08. The summed E-state index contributed by atoms with van der Waals surface area (Å²) in [4.78, 5) is 1.89. The Kier molecular flexibility index (Phi) is 4.58. The molecule has 0 spiro atoms. The molecule has 0 unspecified atom stereocenters. The molecule has 0 aromatic heterocycles. The molecule has 0 radical (unpaired) electrons. The van der Waals surface area contributed by atoms with E-state index in [0.717, 1.165) is 11.0 Å². The van der Waals surface area contributed by atoms with E-state index in [4.69, 9.17) is 5.11 Å². The standard InChI is InChI=1S/C11H16BrNO/c1-9(7-13(2)8-14)10-5-3-4-6-11(10)12/h3-6,9,14H,7-8H2,1-2H3/t9-/m0/s1. The zero-order valence-corrected chi connectivity index (χ0v) is 10.2. The fourth-order valence-electron chi connectivity index (χ4n) is 1.50. The lowest BCUT2D eigenvalue weighted by molar-refractivity contribution is 0.128. The van der Waals surface area contributed by atoms with E-state index in [9.17, 15) is 0 Å². The normalized spacial score (nSPS) is 13.2. The van der Waals surface area contributed by atoms with Gasteiger partial charge in [-0.1, -0.05) is 41.1 Å². The van der Waals surface area contributed by atoms with Gasteiger partial charge in [-0.2, -0.15) is 0 Å². The van der Waals surface area contributed by atoms with Crippen LogP contribution in [0.2, 0.25) is 0 Å². The van der Waals surface area contributed by atoms with Crippen LogP contribution in [0.3, 0.4) is 0 Å². The van der Waals surface area contributed by atoms with Gasteiger partial charge in [0.1, 0.15) is 0 Å². The van der Waals surface area contributed by atoms with Crippen LogP contribution in [0, 0.1) is 0 Å². The lowest BCUT2D eigenvalue weighted by Crippen LogP contribution is -2.24. The van der Waals surface area contributed by atoms with Crippen molar-refractivity contribution in [1.82, 2.24) is 4.90 Å². The molecule has 78 valence electrons. The summed E-state index contributed by atoms with van der Waals surface area (Å²) < 4.78 is 1.14. The van der Waals surface area contributed by atoms with Crippen LogP contribution in [0.25, 0.3) is 0 Å². The average Bonchev–Trinajstić information content (AvgIpc) is 2.18. The first-order valence-corrected chi connectivity index (χ1v) is 5.48. The molecular weight excluding hydrogens is 242 g/mol. The predicted molar refractivity (Wildman–Crippen MR) is 62.3 cm³/mol.